The minimum Gasteiger partial charge on any atom is -0.242 e. The first-order valence-electron chi connectivity index (χ1n) is 5.23. The molecule has 2 aliphatic heterocycles. The maximum atomic E-state index is 4.40. The van der Waals surface area contributed by atoms with Crippen LogP contribution < -0.4 is 10.6 Å². The molecule has 2 radical (unpaired) electrons. The molecule has 0 amide bonds. The van der Waals surface area contributed by atoms with Crippen molar-refractivity contribution >= 4 is 0 Å². The van der Waals surface area contributed by atoms with Gasteiger partial charge in [-0.05, 0) is 37.5 Å². The first-order chi connectivity index (χ1) is 5.97. The Morgan fingerprint density at radius 1 is 0.583 bits per heavy atom. The standard InChI is InChI=1S/C10H18N2/c1-5-11-6-2-9(1)10-3-7-12-8-4-10/h9-10H,1-8H2. The molecule has 0 aliphatic carbocycles. The van der Waals surface area contributed by atoms with Gasteiger partial charge >= 0.3 is 0 Å². The summed E-state index contributed by atoms with van der Waals surface area (Å²) in [6.45, 7) is 4.49. The predicted molar refractivity (Wildman–Crippen MR) is 49.2 cm³/mol. The van der Waals surface area contributed by atoms with Crippen LogP contribution in [0.15, 0.2) is 0 Å². The van der Waals surface area contributed by atoms with Crippen LogP contribution in [0.3, 0.4) is 0 Å². The molecule has 0 aromatic rings. The topological polar surface area (TPSA) is 28.2 Å². The molecule has 0 N–H and O–H groups in total. The number of piperidine rings is 2. The van der Waals surface area contributed by atoms with E-state index in [2.05, 4.69) is 10.6 Å². The molecule has 12 heavy (non-hydrogen) atoms. The van der Waals surface area contributed by atoms with E-state index in [1.165, 1.54) is 25.7 Å². The average Bonchev–Trinajstić information content (AvgIpc) is 2.21. The van der Waals surface area contributed by atoms with Gasteiger partial charge in [-0.2, -0.15) is 0 Å². The molecule has 2 nitrogen and oxygen atoms in total. The summed E-state index contributed by atoms with van der Waals surface area (Å²) in [4.78, 5) is 0. The van der Waals surface area contributed by atoms with Gasteiger partial charge in [-0.1, -0.05) is 0 Å². The second kappa shape index (κ2) is 4.24. The molecule has 2 saturated heterocycles. The van der Waals surface area contributed by atoms with Gasteiger partial charge in [0.25, 0.3) is 0 Å². The summed E-state index contributed by atoms with van der Waals surface area (Å²) >= 11 is 0. The van der Waals surface area contributed by atoms with Crippen LogP contribution in [0, 0.1) is 11.8 Å². The lowest BCUT2D eigenvalue weighted by molar-refractivity contribution is 0.209. The fourth-order valence-electron chi connectivity index (χ4n) is 2.48. The molecule has 2 heteroatoms. The van der Waals surface area contributed by atoms with Crippen molar-refractivity contribution in [2.45, 2.75) is 25.7 Å². The van der Waals surface area contributed by atoms with Crippen LogP contribution in [0.1, 0.15) is 25.7 Å². The molecular formula is C10H18N2. The molecule has 2 fully saturated rings. The molecule has 0 bridgehead atoms. The molecule has 0 aromatic heterocycles. The largest absolute Gasteiger partial charge is 0.242 e. The highest BCUT2D eigenvalue weighted by Crippen LogP contribution is 2.28. The first kappa shape index (κ1) is 8.52. The molecule has 2 rings (SSSR count). The predicted octanol–water partition coefficient (Wildman–Crippen LogP) is 1.02. The van der Waals surface area contributed by atoms with Crippen molar-refractivity contribution in [3.05, 3.63) is 0 Å². The van der Waals surface area contributed by atoms with Crippen LogP contribution in [0.25, 0.3) is 0 Å². The number of hydrogen-bond donors (Lipinski definition) is 0. The van der Waals surface area contributed by atoms with Gasteiger partial charge in [0.05, 0.1) is 0 Å². The minimum absolute atomic E-state index is 0.984. The van der Waals surface area contributed by atoms with Gasteiger partial charge in [-0.25, -0.2) is 10.6 Å². The van der Waals surface area contributed by atoms with Crippen molar-refractivity contribution in [2.75, 3.05) is 26.2 Å². The molecular weight excluding hydrogens is 148 g/mol. The Labute approximate surface area is 75.1 Å². The molecule has 2 heterocycles. The van der Waals surface area contributed by atoms with E-state index >= 15 is 0 Å². The van der Waals surface area contributed by atoms with Crippen molar-refractivity contribution < 1.29 is 0 Å². The molecule has 0 aromatic carbocycles. The summed E-state index contributed by atoms with van der Waals surface area (Å²) in [5.74, 6) is 1.97. The average molecular weight is 166 g/mol. The molecule has 0 saturated carbocycles. The lowest BCUT2D eigenvalue weighted by atomic mass is 9.80. The Morgan fingerprint density at radius 3 is 1.25 bits per heavy atom. The number of nitrogens with zero attached hydrogens (tertiary/aromatic N) is 2. The fourth-order valence-corrected chi connectivity index (χ4v) is 2.48. The third-order valence-electron chi connectivity index (χ3n) is 3.30. The third-order valence-corrected chi connectivity index (χ3v) is 3.30. The van der Waals surface area contributed by atoms with Crippen LogP contribution in [-0.2, 0) is 0 Å². The van der Waals surface area contributed by atoms with Crippen molar-refractivity contribution in [1.29, 1.82) is 0 Å². The highest BCUT2D eigenvalue weighted by molar-refractivity contribution is 4.79. The molecule has 0 unspecified atom stereocenters. The van der Waals surface area contributed by atoms with Crippen LogP contribution in [0.5, 0.6) is 0 Å². The zero-order chi connectivity index (χ0) is 8.23. The Kier molecular flexibility index (Phi) is 3.01. The number of hydrogen-bond acceptors (Lipinski definition) is 0. The van der Waals surface area contributed by atoms with Gasteiger partial charge in [-0.15, -0.1) is 0 Å². The third kappa shape index (κ3) is 1.99. The van der Waals surface area contributed by atoms with Gasteiger partial charge in [-0.3, -0.25) is 0 Å². The monoisotopic (exact) mass is 166 g/mol. The van der Waals surface area contributed by atoms with Crippen molar-refractivity contribution in [2.24, 2.45) is 11.8 Å². The van der Waals surface area contributed by atoms with E-state index in [0.29, 0.717) is 0 Å². The zero-order valence-electron chi connectivity index (χ0n) is 7.71. The minimum atomic E-state index is 0.984. The van der Waals surface area contributed by atoms with Crippen molar-refractivity contribution in [3.63, 3.8) is 0 Å². The second-order valence-electron chi connectivity index (χ2n) is 4.02. The fraction of sp³-hybridized carbons (Fsp3) is 1.00. The van der Waals surface area contributed by atoms with Gasteiger partial charge in [0.15, 0.2) is 0 Å². The smallest absolute Gasteiger partial charge is 0.0136 e. The highest BCUT2D eigenvalue weighted by atomic mass is 14.9. The van der Waals surface area contributed by atoms with Gasteiger partial charge in [0.2, 0.25) is 0 Å². The highest BCUT2D eigenvalue weighted by Gasteiger charge is 2.25. The molecule has 0 atom stereocenters. The lowest BCUT2D eigenvalue weighted by Crippen LogP contribution is -2.33. The maximum Gasteiger partial charge on any atom is 0.0136 e. The molecule has 2 aliphatic rings. The SMILES string of the molecule is C1CC(C2CC[N]CC2)CC[N]1. The van der Waals surface area contributed by atoms with Gasteiger partial charge in [0, 0.05) is 26.2 Å². The summed E-state index contributed by atoms with van der Waals surface area (Å²) in [6, 6.07) is 0. The second-order valence-corrected chi connectivity index (χ2v) is 4.02. The van der Waals surface area contributed by atoms with Gasteiger partial charge < -0.3 is 0 Å². The van der Waals surface area contributed by atoms with Crippen molar-refractivity contribution in [3.8, 4) is 0 Å². The lowest BCUT2D eigenvalue weighted by Gasteiger charge is -2.32. The van der Waals surface area contributed by atoms with Gasteiger partial charge in [0.1, 0.15) is 0 Å². The quantitative estimate of drug-likeness (QED) is 0.556. The van der Waals surface area contributed by atoms with E-state index in [1.54, 1.807) is 0 Å². The Bertz CT molecular complexity index is 108. The summed E-state index contributed by atoms with van der Waals surface area (Å²) in [5, 5.41) is 8.80. The summed E-state index contributed by atoms with van der Waals surface area (Å²) < 4.78 is 0. The van der Waals surface area contributed by atoms with Crippen LogP contribution in [0.4, 0.5) is 0 Å². The summed E-state index contributed by atoms with van der Waals surface area (Å²) in [5.41, 5.74) is 0. The van der Waals surface area contributed by atoms with E-state index in [0.717, 1.165) is 38.0 Å². The van der Waals surface area contributed by atoms with E-state index in [-0.39, 0.29) is 0 Å². The van der Waals surface area contributed by atoms with Crippen LogP contribution >= 0.6 is 0 Å². The first-order valence-corrected chi connectivity index (χ1v) is 5.23. The van der Waals surface area contributed by atoms with E-state index < -0.39 is 0 Å². The normalized spacial score (nSPS) is 29.0. The Hall–Kier alpha value is -0.0800. The van der Waals surface area contributed by atoms with Crippen LogP contribution in [-0.4, -0.2) is 26.2 Å². The Morgan fingerprint density at radius 2 is 0.917 bits per heavy atom. The summed E-state index contributed by atoms with van der Waals surface area (Å²) in [7, 11) is 0. The maximum absolute atomic E-state index is 4.40. The van der Waals surface area contributed by atoms with E-state index in [9.17, 15) is 0 Å². The molecule has 68 valence electrons. The van der Waals surface area contributed by atoms with Crippen molar-refractivity contribution in [1.82, 2.24) is 10.6 Å². The summed E-state index contributed by atoms with van der Waals surface area (Å²) in [6.07, 6.45) is 5.41. The Balaban J connectivity index is 1.80. The number of rotatable bonds is 1. The zero-order valence-corrected chi connectivity index (χ0v) is 7.71. The van der Waals surface area contributed by atoms with E-state index in [4.69, 9.17) is 0 Å². The van der Waals surface area contributed by atoms with Crippen LogP contribution in [0.2, 0.25) is 0 Å². The molecule has 0 spiro atoms. The van der Waals surface area contributed by atoms with E-state index in [1.807, 2.05) is 0 Å².